The predicted octanol–water partition coefficient (Wildman–Crippen LogP) is -0.220. The molecule has 1 aromatic rings. The largest absolute Gasteiger partial charge is 0.491 e. The van der Waals surface area contributed by atoms with Gasteiger partial charge in [-0.25, -0.2) is 4.98 Å². The molecule has 0 unspecified atom stereocenters. The van der Waals surface area contributed by atoms with Crippen molar-refractivity contribution < 1.29 is 14.3 Å². The molecule has 1 heterocycles. The molecule has 0 aliphatic heterocycles. The summed E-state index contributed by atoms with van der Waals surface area (Å²) in [6, 6.07) is 1.44. The SMILES string of the molecule is COc1cc(N)c(C(N)=O)nc1OC. The van der Waals surface area contributed by atoms with Crippen molar-refractivity contribution in [1.82, 2.24) is 4.98 Å². The number of nitrogens with zero attached hydrogens (tertiary/aromatic N) is 1. The van der Waals surface area contributed by atoms with Crippen LogP contribution in [0.4, 0.5) is 5.69 Å². The summed E-state index contributed by atoms with van der Waals surface area (Å²) < 4.78 is 9.81. The molecule has 1 amide bonds. The summed E-state index contributed by atoms with van der Waals surface area (Å²) in [5.74, 6) is -0.172. The van der Waals surface area contributed by atoms with Crippen LogP contribution < -0.4 is 20.9 Å². The molecule has 6 heteroatoms. The lowest BCUT2D eigenvalue weighted by atomic mass is 10.3. The van der Waals surface area contributed by atoms with Crippen molar-refractivity contribution in [3.63, 3.8) is 0 Å². The van der Waals surface area contributed by atoms with E-state index >= 15 is 0 Å². The molecular formula is C8H11N3O3. The number of nitrogens with two attached hydrogens (primary N) is 2. The molecule has 6 nitrogen and oxygen atoms in total. The zero-order valence-corrected chi connectivity index (χ0v) is 7.90. The first-order valence-corrected chi connectivity index (χ1v) is 3.78. The van der Waals surface area contributed by atoms with Gasteiger partial charge in [0.1, 0.15) is 0 Å². The van der Waals surface area contributed by atoms with E-state index in [1.165, 1.54) is 20.3 Å². The van der Waals surface area contributed by atoms with Crippen LogP contribution in [0.25, 0.3) is 0 Å². The Hall–Kier alpha value is -1.98. The number of hydrogen-bond donors (Lipinski definition) is 2. The fraction of sp³-hybridized carbons (Fsp3) is 0.250. The Labute approximate surface area is 80.8 Å². The van der Waals surface area contributed by atoms with Crippen molar-refractivity contribution in [1.29, 1.82) is 0 Å². The van der Waals surface area contributed by atoms with Crippen LogP contribution in [0.1, 0.15) is 10.5 Å². The van der Waals surface area contributed by atoms with E-state index in [0.29, 0.717) is 5.75 Å². The fourth-order valence-electron chi connectivity index (χ4n) is 0.982. The minimum atomic E-state index is -0.705. The molecule has 0 saturated carbocycles. The highest BCUT2D eigenvalue weighted by molar-refractivity contribution is 5.96. The molecule has 0 spiro atoms. The maximum Gasteiger partial charge on any atom is 0.269 e. The van der Waals surface area contributed by atoms with Crippen molar-refractivity contribution in [3.05, 3.63) is 11.8 Å². The van der Waals surface area contributed by atoms with Crippen molar-refractivity contribution in [2.45, 2.75) is 0 Å². The number of carbonyl (C=O) groups is 1. The second-order valence-electron chi connectivity index (χ2n) is 2.50. The molecule has 0 fully saturated rings. The van der Waals surface area contributed by atoms with Crippen LogP contribution in [-0.4, -0.2) is 25.1 Å². The van der Waals surface area contributed by atoms with Gasteiger partial charge in [-0.15, -0.1) is 0 Å². The van der Waals surface area contributed by atoms with Gasteiger partial charge in [0, 0.05) is 6.07 Å². The minimum Gasteiger partial charge on any atom is -0.491 e. The summed E-state index contributed by atoms with van der Waals surface area (Å²) >= 11 is 0. The van der Waals surface area contributed by atoms with Gasteiger partial charge in [-0.05, 0) is 0 Å². The summed E-state index contributed by atoms with van der Waals surface area (Å²) in [6.45, 7) is 0. The summed E-state index contributed by atoms with van der Waals surface area (Å²) in [6.07, 6.45) is 0. The maximum atomic E-state index is 10.9. The Morgan fingerprint density at radius 3 is 2.50 bits per heavy atom. The molecule has 76 valence electrons. The highest BCUT2D eigenvalue weighted by Gasteiger charge is 2.14. The molecule has 14 heavy (non-hydrogen) atoms. The fourth-order valence-corrected chi connectivity index (χ4v) is 0.982. The molecule has 0 aromatic carbocycles. The standard InChI is InChI=1S/C8H11N3O3/c1-13-5-3-4(9)6(7(10)12)11-8(5)14-2/h3H,9H2,1-2H3,(H2,10,12). The first kappa shape index (κ1) is 10.1. The van der Waals surface area contributed by atoms with E-state index < -0.39 is 5.91 Å². The average molecular weight is 197 g/mol. The van der Waals surface area contributed by atoms with E-state index in [4.69, 9.17) is 20.9 Å². The van der Waals surface area contributed by atoms with Crippen LogP contribution in [0.2, 0.25) is 0 Å². The first-order valence-electron chi connectivity index (χ1n) is 3.78. The van der Waals surface area contributed by atoms with Crippen molar-refractivity contribution in [3.8, 4) is 11.6 Å². The molecule has 0 aliphatic carbocycles. The molecular weight excluding hydrogens is 186 g/mol. The van der Waals surface area contributed by atoms with Crippen molar-refractivity contribution in [2.24, 2.45) is 5.73 Å². The van der Waals surface area contributed by atoms with Crippen LogP contribution >= 0.6 is 0 Å². The van der Waals surface area contributed by atoms with Crippen LogP contribution in [0.5, 0.6) is 11.6 Å². The lowest BCUT2D eigenvalue weighted by Crippen LogP contribution is -2.16. The molecule has 0 radical (unpaired) electrons. The number of pyridine rings is 1. The van der Waals surface area contributed by atoms with Gasteiger partial charge in [-0.2, -0.15) is 0 Å². The number of nitrogen functional groups attached to an aromatic ring is 1. The van der Waals surface area contributed by atoms with Crippen LogP contribution in [0, 0.1) is 0 Å². The lowest BCUT2D eigenvalue weighted by Gasteiger charge is -2.08. The monoisotopic (exact) mass is 197 g/mol. The van der Waals surface area contributed by atoms with E-state index in [2.05, 4.69) is 4.98 Å². The zero-order chi connectivity index (χ0) is 10.7. The number of ether oxygens (including phenoxy) is 2. The molecule has 0 bridgehead atoms. The number of rotatable bonds is 3. The van der Waals surface area contributed by atoms with Crippen molar-refractivity contribution in [2.75, 3.05) is 20.0 Å². The van der Waals surface area contributed by atoms with Crippen LogP contribution in [0.3, 0.4) is 0 Å². The predicted molar refractivity (Wildman–Crippen MR) is 50.3 cm³/mol. The Kier molecular flexibility index (Phi) is 2.76. The molecule has 1 aromatic heterocycles. The molecule has 1 rings (SSSR count). The second-order valence-corrected chi connectivity index (χ2v) is 2.50. The van der Waals surface area contributed by atoms with Gasteiger partial charge in [0.25, 0.3) is 11.8 Å². The summed E-state index contributed by atoms with van der Waals surface area (Å²) in [5.41, 5.74) is 10.7. The topological polar surface area (TPSA) is 100 Å². The number of hydrogen-bond acceptors (Lipinski definition) is 5. The van der Waals surface area contributed by atoms with Gasteiger partial charge in [0.05, 0.1) is 19.9 Å². The lowest BCUT2D eigenvalue weighted by molar-refractivity contribution is 0.0995. The van der Waals surface area contributed by atoms with Gasteiger partial charge in [-0.1, -0.05) is 0 Å². The Bertz CT molecular complexity index is 365. The number of anilines is 1. The summed E-state index contributed by atoms with van der Waals surface area (Å²) in [4.78, 5) is 14.7. The first-order chi connectivity index (χ1) is 6.60. The second kappa shape index (κ2) is 3.82. The Balaban J connectivity index is 3.30. The minimum absolute atomic E-state index is 0.0253. The van der Waals surface area contributed by atoms with E-state index in [1.807, 2.05) is 0 Å². The normalized spacial score (nSPS) is 9.57. The molecule has 0 aliphatic rings. The molecule has 4 N–H and O–H groups in total. The highest BCUT2D eigenvalue weighted by atomic mass is 16.5. The smallest absolute Gasteiger partial charge is 0.269 e. The van der Waals surface area contributed by atoms with Gasteiger partial charge in [0.2, 0.25) is 0 Å². The number of carbonyl (C=O) groups excluding carboxylic acids is 1. The summed E-state index contributed by atoms with van der Waals surface area (Å²) in [7, 11) is 2.86. The van der Waals surface area contributed by atoms with Gasteiger partial charge in [-0.3, -0.25) is 4.79 Å². The third-order valence-corrected chi connectivity index (χ3v) is 1.63. The van der Waals surface area contributed by atoms with Gasteiger partial charge < -0.3 is 20.9 Å². The number of amides is 1. The Morgan fingerprint density at radius 2 is 2.07 bits per heavy atom. The quantitative estimate of drug-likeness (QED) is 0.697. The van der Waals surface area contributed by atoms with Crippen molar-refractivity contribution >= 4 is 11.6 Å². The summed E-state index contributed by atoms with van der Waals surface area (Å²) in [5, 5.41) is 0. The van der Waals surface area contributed by atoms with Gasteiger partial charge in [0.15, 0.2) is 11.4 Å². The maximum absolute atomic E-state index is 10.9. The van der Waals surface area contributed by atoms with E-state index in [1.54, 1.807) is 0 Å². The Morgan fingerprint density at radius 1 is 1.43 bits per heavy atom. The molecule has 0 atom stereocenters. The molecule has 0 saturated heterocycles. The number of primary amides is 1. The van der Waals surface area contributed by atoms with E-state index in [9.17, 15) is 4.79 Å². The highest BCUT2D eigenvalue weighted by Crippen LogP contribution is 2.27. The third-order valence-electron chi connectivity index (χ3n) is 1.63. The third kappa shape index (κ3) is 1.68. The van der Waals surface area contributed by atoms with Gasteiger partial charge >= 0.3 is 0 Å². The average Bonchev–Trinajstić information content (AvgIpc) is 2.16. The van der Waals surface area contributed by atoms with Crippen LogP contribution in [0.15, 0.2) is 6.07 Å². The zero-order valence-electron chi connectivity index (χ0n) is 7.90. The van der Waals surface area contributed by atoms with E-state index in [-0.39, 0.29) is 17.3 Å². The van der Waals surface area contributed by atoms with E-state index in [0.717, 1.165) is 0 Å². The number of methoxy groups -OCH3 is 2. The van der Waals surface area contributed by atoms with Crippen LogP contribution in [-0.2, 0) is 0 Å². The number of aromatic nitrogens is 1.